The summed E-state index contributed by atoms with van der Waals surface area (Å²) in [6.07, 6.45) is 1.85. The van der Waals surface area contributed by atoms with E-state index in [0.29, 0.717) is 44.3 Å². The normalized spacial score (nSPS) is 14.7. The van der Waals surface area contributed by atoms with E-state index in [2.05, 4.69) is 50.2 Å². The van der Waals surface area contributed by atoms with Crippen LogP contribution < -0.4 is 29.1 Å². The Morgan fingerprint density at radius 2 is 1.72 bits per heavy atom. The van der Waals surface area contributed by atoms with Gasteiger partial charge in [0.25, 0.3) is 5.56 Å². The molecule has 0 aliphatic carbocycles. The van der Waals surface area contributed by atoms with Crippen molar-refractivity contribution in [3.63, 3.8) is 0 Å². The van der Waals surface area contributed by atoms with Gasteiger partial charge in [-0.15, -0.1) is 0 Å². The minimum absolute atomic E-state index is 0.195. The Labute approximate surface area is 279 Å². The zero-order valence-electron chi connectivity index (χ0n) is 23.9. The fraction of sp³-hybridized carbons (Fsp3) is 0.219. The topological polar surface area (TPSA) is 88.4 Å². The Morgan fingerprint density at radius 1 is 1.02 bits per heavy atom. The number of ether oxygens (including phenoxy) is 4. The number of thiazole rings is 1. The number of benzene rings is 3. The maximum Gasteiger partial charge on any atom is 0.338 e. The van der Waals surface area contributed by atoms with E-state index in [1.54, 1.807) is 44.8 Å². The van der Waals surface area contributed by atoms with Crippen LogP contribution in [0.4, 0.5) is 0 Å². The van der Waals surface area contributed by atoms with Crippen molar-refractivity contribution >= 4 is 68.6 Å². The number of esters is 1. The van der Waals surface area contributed by atoms with E-state index < -0.39 is 12.0 Å². The third kappa shape index (κ3) is 6.53. The summed E-state index contributed by atoms with van der Waals surface area (Å²) in [5.74, 6) is 1.30. The summed E-state index contributed by atoms with van der Waals surface area (Å²) in [4.78, 5) is 32.4. The molecular weight excluding hydrogens is 794 g/mol. The predicted molar refractivity (Wildman–Crippen MR) is 183 cm³/mol. The smallest absolute Gasteiger partial charge is 0.338 e. The average molecular weight is 822 g/mol. The number of carbonyl (C=O) groups is 1. The molecule has 222 valence electrons. The summed E-state index contributed by atoms with van der Waals surface area (Å²) < 4.78 is 26.4. The quantitative estimate of drug-likeness (QED) is 0.162. The number of hydrogen-bond donors (Lipinski definition) is 0. The largest absolute Gasteiger partial charge is 0.493 e. The van der Waals surface area contributed by atoms with Crippen molar-refractivity contribution in [2.75, 3.05) is 20.8 Å². The summed E-state index contributed by atoms with van der Waals surface area (Å²) in [6.45, 7) is 4.16. The third-order valence-corrected chi connectivity index (χ3v) is 9.37. The second kappa shape index (κ2) is 13.6. The molecule has 43 heavy (non-hydrogen) atoms. The van der Waals surface area contributed by atoms with Crippen LogP contribution in [0.25, 0.3) is 6.08 Å². The van der Waals surface area contributed by atoms with E-state index in [-0.39, 0.29) is 12.2 Å². The second-order valence-corrected chi connectivity index (χ2v) is 12.8. The first-order chi connectivity index (χ1) is 20.7. The summed E-state index contributed by atoms with van der Waals surface area (Å²) >= 11 is 5.79. The molecule has 0 radical (unpaired) electrons. The van der Waals surface area contributed by atoms with Gasteiger partial charge in [-0.2, -0.15) is 0 Å². The van der Waals surface area contributed by atoms with Gasteiger partial charge in [0.1, 0.15) is 12.4 Å². The lowest BCUT2D eigenvalue weighted by Crippen LogP contribution is -2.40. The van der Waals surface area contributed by atoms with Crippen LogP contribution in [0.1, 0.15) is 36.6 Å². The molecule has 11 heteroatoms. The lowest BCUT2D eigenvalue weighted by atomic mass is 9.95. The Hall–Kier alpha value is -3.17. The van der Waals surface area contributed by atoms with Crippen LogP contribution in [0.2, 0.25) is 0 Å². The third-order valence-electron chi connectivity index (χ3n) is 6.78. The molecule has 1 aromatic heterocycles. The molecule has 0 fully saturated rings. The van der Waals surface area contributed by atoms with E-state index in [4.69, 9.17) is 18.9 Å². The SMILES string of the molecule is CCOC(=O)C1=C(C)N=c2s/c(=C\c3cc(I)c(OCc4ccccc4)c(I)c3)c(=O)n2[C@H]1c1ccc(OC)c(OC)c1. The van der Waals surface area contributed by atoms with Crippen LogP contribution in [0.3, 0.4) is 0 Å². The molecule has 2 heterocycles. The van der Waals surface area contributed by atoms with Crippen molar-refractivity contribution < 1.29 is 23.7 Å². The molecule has 0 unspecified atom stereocenters. The summed E-state index contributed by atoms with van der Waals surface area (Å²) in [7, 11) is 3.10. The molecule has 4 aromatic rings. The molecule has 0 N–H and O–H groups in total. The zero-order chi connectivity index (χ0) is 30.7. The second-order valence-electron chi connectivity index (χ2n) is 9.50. The van der Waals surface area contributed by atoms with Gasteiger partial charge >= 0.3 is 5.97 Å². The van der Waals surface area contributed by atoms with Crippen LogP contribution in [-0.4, -0.2) is 31.4 Å². The summed E-state index contributed by atoms with van der Waals surface area (Å²) in [5.41, 5.74) is 3.15. The number of nitrogens with zero attached hydrogens (tertiary/aromatic N) is 2. The van der Waals surface area contributed by atoms with Crippen molar-refractivity contribution in [2.24, 2.45) is 4.99 Å². The van der Waals surface area contributed by atoms with Gasteiger partial charge in [-0.25, -0.2) is 9.79 Å². The van der Waals surface area contributed by atoms with Gasteiger partial charge in [-0.1, -0.05) is 47.7 Å². The molecule has 0 bridgehead atoms. The number of carbonyl (C=O) groups excluding carboxylic acids is 1. The van der Waals surface area contributed by atoms with Crippen molar-refractivity contribution in [1.29, 1.82) is 0 Å². The number of allylic oxidation sites excluding steroid dienone is 1. The molecule has 0 spiro atoms. The maximum atomic E-state index is 14.0. The lowest BCUT2D eigenvalue weighted by molar-refractivity contribution is -0.139. The van der Waals surface area contributed by atoms with Gasteiger partial charge in [-0.05, 0) is 106 Å². The number of fused-ring (bicyclic) bond motifs is 1. The van der Waals surface area contributed by atoms with Crippen LogP contribution in [0.5, 0.6) is 17.2 Å². The van der Waals surface area contributed by atoms with Gasteiger partial charge < -0.3 is 18.9 Å². The van der Waals surface area contributed by atoms with E-state index >= 15 is 0 Å². The monoisotopic (exact) mass is 822 g/mol. The number of hydrogen-bond acceptors (Lipinski definition) is 8. The van der Waals surface area contributed by atoms with Crippen molar-refractivity contribution in [1.82, 2.24) is 4.57 Å². The first-order valence-corrected chi connectivity index (χ1v) is 16.3. The first-order valence-electron chi connectivity index (χ1n) is 13.3. The van der Waals surface area contributed by atoms with Gasteiger partial charge in [-0.3, -0.25) is 9.36 Å². The average Bonchev–Trinajstić information content (AvgIpc) is 3.29. The lowest BCUT2D eigenvalue weighted by Gasteiger charge is -2.25. The Bertz CT molecular complexity index is 1880. The molecular formula is C32H28I2N2O6S. The molecule has 3 aromatic carbocycles. The molecule has 0 amide bonds. The molecule has 1 atom stereocenters. The van der Waals surface area contributed by atoms with Gasteiger partial charge in [0.2, 0.25) is 0 Å². The number of methoxy groups -OCH3 is 2. The van der Waals surface area contributed by atoms with Crippen molar-refractivity contribution in [2.45, 2.75) is 26.5 Å². The summed E-state index contributed by atoms with van der Waals surface area (Å²) in [6, 6.07) is 18.6. The Kier molecular flexibility index (Phi) is 9.92. The highest BCUT2D eigenvalue weighted by Gasteiger charge is 2.34. The zero-order valence-corrected chi connectivity index (χ0v) is 29.0. The van der Waals surface area contributed by atoms with E-state index in [1.807, 2.05) is 54.6 Å². The van der Waals surface area contributed by atoms with Crippen LogP contribution in [0, 0.1) is 7.14 Å². The van der Waals surface area contributed by atoms with Gasteiger partial charge in [0, 0.05) is 0 Å². The first kappa shape index (κ1) is 31.3. The highest BCUT2D eigenvalue weighted by Crippen LogP contribution is 2.36. The summed E-state index contributed by atoms with van der Waals surface area (Å²) in [5, 5.41) is 0. The van der Waals surface area contributed by atoms with Gasteiger partial charge in [0.15, 0.2) is 16.3 Å². The minimum Gasteiger partial charge on any atom is -0.493 e. The van der Waals surface area contributed by atoms with Crippen LogP contribution >= 0.6 is 56.5 Å². The predicted octanol–water partition coefficient (Wildman–Crippen LogP) is 5.60. The fourth-order valence-corrected chi connectivity index (χ4v) is 7.99. The van der Waals surface area contributed by atoms with Crippen molar-refractivity contribution in [3.8, 4) is 17.2 Å². The molecule has 1 aliphatic heterocycles. The Balaban J connectivity index is 1.59. The van der Waals surface area contributed by atoms with E-state index in [1.165, 1.54) is 11.3 Å². The minimum atomic E-state index is -0.758. The highest BCUT2D eigenvalue weighted by atomic mass is 127. The molecule has 0 saturated carbocycles. The highest BCUT2D eigenvalue weighted by molar-refractivity contribution is 14.1. The molecule has 5 rings (SSSR count). The fourth-order valence-electron chi connectivity index (χ4n) is 4.81. The van der Waals surface area contributed by atoms with Crippen LogP contribution in [0.15, 0.2) is 81.7 Å². The number of halogens is 2. The van der Waals surface area contributed by atoms with Gasteiger partial charge in [0.05, 0.1) is 49.8 Å². The van der Waals surface area contributed by atoms with Crippen LogP contribution in [-0.2, 0) is 16.1 Å². The number of rotatable bonds is 9. The standard InChI is InChI=1S/C32H28I2N2O6S/c1-5-41-31(38)27-18(2)35-32-36(28(27)21-11-12-24(39-3)25(16-21)40-4)30(37)26(43-32)15-20-13-22(33)29(23(34)14-20)42-17-19-9-7-6-8-10-19/h6-16,28H,5,17H2,1-4H3/b26-15-/t28-/m0/s1. The molecule has 0 saturated heterocycles. The van der Waals surface area contributed by atoms with Crippen molar-refractivity contribution in [3.05, 3.63) is 115 Å². The molecule has 8 nitrogen and oxygen atoms in total. The molecule has 1 aliphatic rings. The van der Waals surface area contributed by atoms with E-state index in [0.717, 1.165) is 24.0 Å². The number of aromatic nitrogens is 1. The Morgan fingerprint density at radius 3 is 2.37 bits per heavy atom. The maximum absolute atomic E-state index is 14.0. The van der Waals surface area contributed by atoms with E-state index in [9.17, 15) is 9.59 Å².